The molecule has 1 amide bonds. The van der Waals surface area contributed by atoms with E-state index in [1.807, 2.05) is 6.07 Å². The summed E-state index contributed by atoms with van der Waals surface area (Å²) in [5.41, 5.74) is 0.704. The van der Waals surface area contributed by atoms with E-state index in [0.717, 1.165) is 4.47 Å². The van der Waals surface area contributed by atoms with Gasteiger partial charge in [-0.3, -0.25) is 9.69 Å². The molecule has 0 unspecified atom stereocenters. The van der Waals surface area contributed by atoms with Crippen LogP contribution in [0.25, 0.3) is 6.08 Å². The quantitative estimate of drug-likeness (QED) is 0.484. The molecular weight excluding hydrogens is 434 g/mol. The van der Waals surface area contributed by atoms with Crippen LogP contribution in [0.2, 0.25) is 5.02 Å². The van der Waals surface area contributed by atoms with E-state index >= 15 is 0 Å². The van der Waals surface area contributed by atoms with Crippen LogP contribution in [-0.4, -0.2) is 22.2 Å². The van der Waals surface area contributed by atoms with Gasteiger partial charge in [-0.1, -0.05) is 51.5 Å². The zero-order valence-corrected chi connectivity index (χ0v) is 16.4. The summed E-state index contributed by atoms with van der Waals surface area (Å²) in [6.07, 6.45) is 3.30. The Morgan fingerprint density at radius 3 is 2.96 bits per heavy atom. The summed E-state index contributed by atoms with van der Waals surface area (Å²) in [6, 6.07) is 7.15. The van der Waals surface area contributed by atoms with Gasteiger partial charge in [-0.15, -0.1) is 0 Å². The van der Waals surface area contributed by atoms with Gasteiger partial charge in [0.15, 0.2) is 0 Å². The Bertz CT molecular complexity index is 836. The molecule has 0 aliphatic carbocycles. The third kappa shape index (κ3) is 3.54. The average Bonchev–Trinajstić information content (AvgIpc) is 3.11. The highest BCUT2D eigenvalue weighted by Crippen LogP contribution is 2.38. The lowest BCUT2D eigenvalue weighted by Crippen LogP contribution is -2.27. The molecule has 0 bridgehead atoms. The van der Waals surface area contributed by atoms with Crippen LogP contribution in [0, 0.1) is 0 Å². The molecule has 3 rings (SSSR count). The van der Waals surface area contributed by atoms with Crippen LogP contribution in [0.5, 0.6) is 5.75 Å². The molecule has 8 heteroatoms. The summed E-state index contributed by atoms with van der Waals surface area (Å²) in [5, 5.41) is 0.462. The third-order valence-corrected chi connectivity index (χ3v) is 5.41. The predicted molar refractivity (Wildman–Crippen MR) is 103 cm³/mol. The van der Waals surface area contributed by atoms with Crippen molar-refractivity contribution in [2.24, 2.45) is 0 Å². The molecule has 1 saturated heterocycles. The van der Waals surface area contributed by atoms with E-state index in [4.69, 9.17) is 33.0 Å². The van der Waals surface area contributed by atoms with Crippen LogP contribution < -0.4 is 4.74 Å². The average molecular weight is 445 g/mol. The molecule has 0 saturated carbocycles. The molecule has 2 heterocycles. The molecule has 4 nitrogen and oxygen atoms in total. The van der Waals surface area contributed by atoms with Gasteiger partial charge in [0.25, 0.3) is 5.91 Å². The van der Waals surface area contributed by atoms with Crippen LogP contribution in [-0.2, 0) is 11.3 Å². The van der Waals surface area contributed by atoms with Gasteiger partial charge in [0.1, 0.15) is 15.8 Å². The van der Waals surface area contributed by atoms with Crippen LogP contribution in [0.4, 0.5) is 0 Å². The summed E-state index contributed by atoms with van der Waals surface area (Å²) < 4.78 is 11.9. The number of amides is 1. The number of carbonyl (C=O) groups is 1. The maximum absolute atomic E-state index is 12.6. The Kier molecular flexibility index (Phi) is 5.34. The van der Waals surface area contributed by atoms with Crippen LogP contribution in [0.3, 0.4) is 0 Å². The molecule has 0 atom stereocenters. The summed E-state index contributed by atoms with van der Waals surface area (Å²) in [7, 11) is 1.54. The fourth-order valence-corrected chi connectivity index (χ4v) is 4.40. The highest BCUT2D eigenvalue weighted by atomic mass is 79.9. The van der Waals surface area contributed by atoms with E-state index < -0.39 is 0 Å². The van der Waals surface area contributed by atoms with Gasteiger partial charge < -0.3 is 9.15 Å². The topological polar surface area (TPSA) is 42.7 Å². The van der Waals surface area contributed by atoms with Crippen LogP contribution in [0.15, 0.2) is 44.3 Å². The zero-order valence-electron chi connectivity index (χ0n) is 12.4. The largest absolute Gasteiger partial charge is 0.495 e. The maximum Gasteiger partial charge on any atom is 0.266 e. The summed E-state index contributed by atoms with van der Waals surface area (Å²) in [5.74, 6) is 1.02. The predicted octanol–water partition coefficient (Wildman–Crippen LogP) is 5.11. The molecule has 1 fully saturated rings. The first-order valence-electron chi connectivity index (χ1n) is 6.80. The van der Waals surface area contributed by atoms with Gasteiger partial charge in [-0.2, -0.15) is 0 Å². The molecule has 2 aromatic rings. The van der Waals surface area contributed by atoms with E-state index in [1.165, 1.54) is 23.8 Å². The molecule has 1 aliphatic heterocycles. The number of furan rings is 1. The van der Waals surface area contributed by atoms with Gasteiger partial charge in [-0.25, -0.2) is 0 Å². The van der Waals surface area contributed by atoms with Gasteiger partial charge in [-0.05, 0) is 30.3 Å². The number of halogens is 2. The number of methoxy groups -OCH3 is 1. The van der Waals surface area contributed by atoms with E-state index in [2.05, 4.69) is 15.9 Å². The van der Waals surface area contributed by atoms with Crippen LogP contribution in [0.1, 0.15) is 11.3 Å². The summed E-state index contributed by atoms with van der Waals surface area (Å²) >= 11 is 16.1. The SMILES string of the molecule is COc1c(Cl)cc(Br)cc1C=C1SC(=S)N(Cc2ccco2)C1=O. The minimum Gasteiger partial charge on any atom is -0.495 e. The number of hydrogen-bond acceptors (Lipinski definition) is 5. The lowest BCUT2D eigenvalue weighted by Gasteiger charge is -2.12. The molecule has 24 heavy (non-hydrogen) atoms. The van der Waals surface area contributed by atoms with Crippen molar-refractivity contribution in [3.8, 4) is 5.75 Å². The Morgan fingerprint density at radius 2 is 2.29 bits per heavy atom. The van der Waals surface area contributed by atoms with Gasteiger partial charge in [0, 0.05) is 10.0 Å². The lowest BCUT2D eigenvalue weighted by molar-refractivity contribution is -0.122. The second kappa shape index (κ2) is 7.31. The Labute approximate surface area is 161 Å². The molecule has 0 N–H and O–H groups in total. The van der Waals surface area contributed by atoms with Crippen molar-refractivity contribution in [3.05, 3.63) is 56.3 Å². The van der Waals surface area contributed by atoms with Gasteiger partial charge in [0.05, 0.1) is 29.8 Å². The van der Waals surface area contributed by atoms with Gasteiger partial charge in [0.2, 0.25) is 0 Å². The van der Waals surface area contributed by atoms with E-state index in [9.17, 15) is 4.79 Å². The minimum absolute atomic E-state index is 0.167. The number of thiocarbonyl (C=S) groups is 1. The molecule has 0 radical (unpaired) electrons. The van der Waals surface area contributed by atoms with Gasteiger partial charge >= 0.3 is 0 Å². The maximum atomic E-state index is 12.6. The van der Waals surface area contributed by atoms with Crippen molar-refractivity contribution in [2.45, 2.75) is 6.54 Å². The summed E-state index contributed by atoms with van der Waals surface area (Å²) in [6.45, 7) is 0.311. The Balaban J connectivity index is 1.92. The summed E-state index contributed by atoms with van der Waals surface area (Å²) in [4.78, 5) is 14.7. The van der Waals surface area contributed by atoms with Crippen LogP contribution >= 0.6 is 51.5 Å². The first-order chi connectivity index (χ1) is 11.5. The van der Waals surface area contributed by atoms with E-state index in [1.54, 1.807) is 30.5 Å². The first-order valence-corrected chi connectivity index (χ1v) is 9.20. The molecule has 1 aromatic carbocycles. The standard InChI is InChI=1S/C16H11BrClNO3S2/c1-21-14-9(5-10(17)7-12(14)18)6-13-15(20)19(16(23)24-13)8-11-3-2-4-22-11/h2-7H,8H2,1H3. The molecule has 124 valence electrons. The highest BCUT2D eigenvalue weighted by Gasteiger charge is 2.32. The van der Waals surface area contributed by atoms with Crippen molar-refractivity contribution >= 4 is 67.8 Å². The molecule has 0 spiro atoms. The molecule has 1 aromatic heterocycles. The van der Waals surface area contributed by atoms with Crippen molar-refractivity contribution in [2.75, 3.05) is 7.11 Å². The van der Waals surface area contributed by atoms with E-state index in [-0.39, 0.29) is 5.91 Å². The molecular formula is C16H11BrClNO3S2. The Morgan fingerprint density at radius 1 is 1.50 bits per heavy atom. The number of nitrogens with zero attached hydrogens (tertiary/aromatic N) is 1. The number of ether oxygens (including phenoxy) is 1. The fourth-order valence-electron chi connectivity index (χ4n) is 2.24. The number of benzene rings is 1. The number of thioether (sulfide) groups is 1. The smallest absolute Gasteiger partial charge is 0.266 e. The first kappa shape index (κ1) is 17.5. The lowest BCUT2D eigenvalue weighted by atomic mass is 10.2. The Hall–Kier alpha value is -1.28. The van der Waals surface area contributed by atoms with Crippen molar-refractivity contribution in [1.82, 2.24) is 4.90 Å². The number of hydrogen-bond donors (Lipinski definition) is 0. The van der Waals surface area contributed by atoms with Crippen molar-refractivity contribution in [3.63, 3.8) is 0 Å². The van der Waals surface area contributed by atoms with Crippen molar-refractivity contribution < 1.29 is 13.9 Å². The number of carbonyl (C=O) groups excluding carboxylic acids is 1. The number of rotatable bonds is 4. The minimum atomic E-state index is -0.167. The normalized spacial score (nSPS) is 16.3. The fraction of sp³-hybridized carbons (Fsp3) is 0.125. The zero-order chi connectivity index (χ0) is 17.3. The second-order valence-electron chi connectivity index (χ2n) is 4.86. The van der Waals surface area contributed by atoms with E-state index in [0.29, 0.717) is 37.9 Å². The third-order valence-electron chi connectivity index (χ3n) is 3.30. The van der Waals surface area contributed by atoms with Crippen molar-refractivity contribution in [1.29, 1.82) is 0 Å². The molecule has 1 aliphatic rings. The second-order valence-corrected chi connectivity index (χ2v) is 7.86. The highest BCUT2D eigenvalue weighted by molar-refractivity contribution is 9.10. The monoisotopic (exact) mass is 443 g/mol.